The molecule has 0 radical (unpaired) electrons. The number of amides is 2. The lowest BCUT2D eigenvalue weighted by molar-refractivity contribution is -0.136. The summed E-state index contributed by atoms with van der Waals surface area (Å²) >= 11 is 7.66. The quantitative estimate of drug-likeness (QED) is 0.173. The first kappa shape index (κ1) is 37.4. The number of aromatic nitrogens is 1. The van der Waals surface area contributed by atoms with Crippen LogP contribution in [0.1, 0.15) is 81.3 Å². The number of rotatable bonds is 15. The van der Waals surface area contributed by atoms with E-state index in [0.717, 1.165) is 52.5 Å². The van der Waals surface area contributed by atoms with Crippen LogP contribution >= 0.6 is 22.9 Å². The third kappa shape index (κ3) is 9.94. The highest BCUT2D eigenvalue weighted by Crippen LogP contribution is 2.34. The van der Waals surface area contributed by atoms with Gasteiger partial charge < -0.3 is 25.4 Å². The van der Waals surface area contributed by atoms with E-state index in [2.05, 4.69) is 16.0 Å². The van der Waals surface area contributed by atoms with Gasteiger partial charge in [0, 0.05) is 61.8 Å². The molecule has 0 saturated carbocycles. The molecule has 4 heterocycles. The minimum absolute atomic E-state index is 0.0263. The first-order valence-electron chi connectivity index (χ1n) is 18.5. The third-order valence-electron chi connectivity index (χ3n) is 10.6. The maximum atomic E-state index is 14.5. The Kier molecular flexibility index (Phi) is 13.1. The Bertz CT molecular complexity index is 1690. The SMILES string of the molecule is CCC(=O)C[C@@H](Cc1nc2ccc(Cl)cc2s1)C(=O)N[C@H](C(=O)C[C@@H](CC1CCNCC1)C(=O)N[C@@H]1CCOc2ccccc21)C1CCOCC1. The Morgan fingerprint density at radius 1 is 0.961 bits per heavy atom. The molecule has 2 fully saturated rings. The van der Waals surface area contributed by atoms with E-state index < -0.39 is 17.9 Å². The van der Waals surface area contributed by atoms with Gasteiger partial charge in [-0.25, -0.2) is 4.98 Å². The predicted octanol–water partition coefficient (Wildman–Crippen LogP) is 5.99. The number of halogens is 1. The van der Waals surface area contributed by atoms with Gasteiger partial charge in [0.05, 0.1) is 39.8 Å². The molecule has 0 spiro atoms. The second-order valence-electron chi connectivity index (χ2n) is 14.2. The van der Waals surface area contributed by atoms with Crippen molar-refractivity contribution < 1.29 is 28.7 Å². The van der Waals surface area contributed by atoms with Gasteiger partial charge in [0.1, 0.15) is 11.5 Å². The fraction of sp³-hybridized carbons (Fsp3) is 0.564. The molecule has 4 atom stereocenters. The molecule has 3 aliphatic heterocycles. The van der Waals surface area contributed by atoms with Crippen molar-refractivity contribution in [2.75, 3.05) is 32.9 Å². The van der Waals surface area contributed by atoms with Gasteiger partial charge >= 0.3 is 0 Å². The number of hydrogen-bond acceptors (Lipinski definition) is 9. The number of carbonyl (C=O) groups is 4. The molecule has 3 aliphatic rings. The molecule has 2 amide bonds. The molecule has 0 bridgehead atoms. The monoisotopic (exact) mass is 736 g/mol. The van der Waals surface area contributed by atoms with Crippen LogP contribution < -0.4 is 20.7 Å². The van der Waals surface area contributed by atoms with E-state index in [-0.39, 0.29) is 54.6 Å². The summed E-state index contributed by atoms with van der Waals surface area (Å²) in [6.45, 7) is 5.07. The van der Waals surface area contributed by atoms with Crippen molar-refractivity contribution in [2.45, 2.75) is 83.2 Å². The molecule has 2 saturated heterocycles. The summed E-state index contributed by atoms with van der Waals surface area (Å²) in [6.07, 6.45) is 5.07. The van der Waals surface area contributed by atoms with Crippen LogP contribution in [0.25, 0.3) is 10.2 Å². The van der Waals surface area contributed by atoms with Crippen molar-refractivity contribution in [1.82, 2.24) is 20.9 Å². The molecule has 2 aromatic carbocycles. The van der Waals surface area contributed by atoms with E-state index in [9.17, 15) is 19.2 Å². The normalized spacial score (nSPS) is 20.1. The number of para-hydroxylation sites is 1. The summed E-state index contributed by atoms with van der Waals surface area (Å²) in [5, 5.41) is 11.1. The number of benzene rings is 2. The molecule has 3 N–H and O–H groups in total. The second-order valence-corrected chi connectivity index (χ2v) is 15.7. The summed E-state index contributed by atoms with van der Waals surface area (Å²) in [7, 11) is 0. The van der Waals surface area contributed by atoms with Crippen LogP contribution in [0.4, 0.5) is 0 Å². The Morgan fingerprint density at radius 3 is 2.53 bits per heavy atom. The van der Waals surface area contributed by atoms with Crippen LogP contribution in [0.5, 0.6) is 5.75 Å². The topological polar surface area (TPSA) is 136 Å². The summed E-state index contributed by atoms with van der Waals surface area (Å²) in [6, 6.07) is 12.2. The fourth-order valence-electron chi connectivity index (χ4n) is 7.66. The molecule has 0 aliphatic carbocycles. The van der Waals surface area contributed by atoms with Crippen LogP contribution in [0.15, 0.2) is 42.5 Å². The van der Waals surface area contributed by atoms with Gasteiger partial charge in [0.25, 0.3) is 0 Å². The van der Waals surface area contributed by atoms with Crippen LogP contribution in [-0.4, -0.2) is 67.3 Å². The van der Waals surface area contributed by atoms with E-state index in [1.165, 1.54) is 11.3 Å². The molecular formula is C39H49ClN4O6S. The Labute approximate surface area is 308 Å². The average molecular weight is 737 g/mol. The molecule has 10 nitrogen and oxygen atoms in total. The number of thiazole rings is 1. The number of piperidine rings is 1. The van der Waals surface area contributed by atoms with Crippen molar-refractivity contribution in [2.24, 2.45) is 23.7 Å². The van der Waals surface area contributed by atoms with E-state index >= 15 is 0 Å². The number of fused-ring (bicyclic) bond motifs is 2. The number of ether oxygens (including phenoxy) is 2. The lowest BCUT2D eigenvalue weighted by Crippen LogP contribution is -2.51. The summed E-state index contributed by atoms with van der Waals surface area (Å²) in [5.41, 5.74) is 1.73. The zero-order valence-electron chi connectivity index (χ0n) is 29.3. The Balaban J connectivity index is 1.21. The lowest BCUT2D eigenvalue weighted by Gasteiger charge is -2.33. The molecule has 51 heavy (non-hydrogen) atoms. The van der Waals surface area contributed by atoms with Crippen LogP contribution in [0, 0.1) is 23.7 Å². The maximum absolute atomic E-state index is 14.5. The standard InChI is InChI=1S/C39H49ClN4O6S/c1-2-29(45)20-27(22-36-42-32-8-7-28(40)23-35(32)51-36)39(48)44-37(25-11-16-49-17-12-25)33(46)21-26(19-24-9-14-41-15-10-24)38(47)43-31-13-18-50-34-6-4-3-5-30(31)34/h3-8,23-27,31,37,41H,2,9-22H2,1H3,(H,43,47)(H,44,48)/t26-,27+,31-,37+/m1/s1. The number of nitrogens with zero attached hydrogens (tertiary/aromatic N) is 1. The molecule has 0 unspecified atom stereocenters. The minimum Gasteiger partial charge on any atom is -0.493 e. The molecular weight excluding hydrogens is 688 g/mol. The molecule has 12 heteroatoms. The first-order chi connectivity index (χ1) is 24.8. The highest BCUT2D eigenvalue weighted by molar-refractivity contribution is 7.18. The number of Topliss-reactive ketones (excluding diaryl/α,β-unsaturated/α-hetero) is 2. The van der Waals surface area contributed by atoms with Crippen LogP contribution in [0.2, 0.25) is 5.02 Å². The highest BCUT2D eigenvalue weighted by atomic mass is 35.5. The van der Waals surface area contributed by atoms with Crippen molar-refractivity contribution in [3.05, 3.63) is 58.1 Å². The van der Waals surface area contributed by atoms with Gasteiger partial charge in [-0.1, -0.05) is 36.7 Å². The molecule has 274 valence electrons. The van der Waals surface area contributed by atoms with Gasteiger partial charge in [-0.3, -0.25) is 19.2 Å². The number of ketones is 2. The van der Waals surface area contributed by atoms with Gasteiger partial charge in [-0.15, -0.1) is 11.3 Å². The summed E-state index contributed by atoms with van der Waals surface area (Å²) < 4.78 is 12.4. The summed E-state index contributed by atoms with van der Waals surface area (Å²) in [5.74, 6) is -0.914. The number of nitrogens with one attached hydrogen (secondary N) is 3. The van der Waals surface area contributed by atoms with Crippen molar-refractivity contribution in [3.8, 4) is 5.75 Å². The van der Waals surface area contributed by atoms with E-state index in [0.29, 0.717) is 62.9 Å². The second kappa shape index (κ2) is 17.9. The fourth-order valence-corrected chi connectivity index (χ4v) is 8.98. The minimum atomic E-state index is -0.790. The maximum Gasteiger partial charge on any atom is 0.224 e. The first-order valence-corrected chi connectivity index (χ1v) is 19.7. The van der Waals surface area contributed by atoms with Crippen molar-refractivity contribution in [3.63, 3.8) is 0 Å². The van der Waals surface area contributed by atoms with Gasteiger partial charge in [-0.05, 0) is 81.3 Å². The van der Waals surface area contributed by atoms with Gasteiger partial charge in [-0.2, -0.15) is 0 Å². The number of hydrogen-bond donors (Lipinski definition) is 3. The Morgan fingerprint density at radius 2 is 1.75 bits per heavy atom. The van der Waals surface area contributed by atoms with Gasteiger partial charge in [0.2, 0.25) is 11.8 Å². The highest BCUT2D eigenvalue weighted by Gasteiger charge is 2.37. The Hall–Kier alpha value is -3.38. The largest absolute Gasteiger partial charge is 0.493 e. The number of carbonyl (C=O) groups excluding carboxylic acids is 4. The molecule has 1 aromatic heterocycles. The zero-order chi connectivity index (χ0) is 35.7. The van der Waals surface area contributed by atoms with Gasteiger partial charge in [0.15, 0.2) is 5.78 Å². The average Bonchev–Trinajstić information content (AvgIpc) is 3.55. The molecule has 3 aromatic rings. The lowest BCUT2D eigenvalue weighted by atomic mass is 9.81. The molecule has 6 rings (SSSR count). The van der Waals surface area contributed by atoms with E-state index in [4.69, 9.17) is 26.1 Å². The predicted molar refractivity (Wildman–Crippen MR) is 198 cm³/mol. The van der Waals surface area contributed by atoms with Crippen LogP contribution in [0.3, 0.4) is 0 Å². The van der Waals surface area contributed by atoms with E-state index in [1.54, 1.807) is 13.0 Å². The zero-order valence-corrected chi connectivity index (χ0v) is 30.9. The summed E-state index contributed by atoms with van der Waals surface area (Å²) in [4.78, 5) is 60.2. The third-order valence-corrected chi connectivity index (χ3v) is 11.9. The van der Waals surface area contributed by atoms with E-state index in [1.807, 2.05) is 36.4 Å². The van der Waals surface area contributed by atoms with Crippen molar-refractivity contribution >= 4 is 56.5 Å². The van der Waals surface area contributed by atoms with Crippen LogP contribution in [-0.2, 0) is 30.3 Å². The van der Waals surface area contributed by atoms with Crippen molar-refractivity contribution in [1.29, 1.82) is 0 Å². The smallest absolute Gasteiger partial charge is 0.224 e.